The Morgan fingerprint density at radius 3 is 2.08 bits per heavy atom. The molecule has 0 fully saturated rings. The van der Waals surface area contributed by atoms with Crippen LogP contribution in [0.25, 0.3) is 22.5 Å². The maximum Gasteiger partial charge on any atom is 0.342 e. The number of hydrogen-bond acceptors (Lipinski definition) is 9. The second-order valence-electron chi connectivity index (χ2n) is 8.27. The van der Waals surface area contributed by atoms with E-state index in [0.29, 0.717) is 39.7 Å². The summed E-state index contributed by atoms with van der Waals surface area (Å²) in [4.78, 5) is 26.4. The first-order valence-corrected chi connectivity index (χ1v) is 13.2. The number of hydrogen-bond donors (Lipinski definition) is 1. The van der Waals surface area contributed by atoms with Gasteiger partial charge in [-0.05, 0) is 66.4 Å². The SMILES string of the molecule is COc1ccc(-c2oc(NC(=O)COC(=O)c3ccc(SC)cc3OC)c(C#N)c2-c2ccc(OC)cc2)cc1. The Morgan fingerprint density at radius 2 is 1.52 bits per heavy atom. The molecular weight excluding hydrogens is 532 g/mol. The van der Waals surface area contributed by atoms with Crippen LogP contribution in [0.3, 0.4) is 0 Å². The van der Waals surface area contributed by atoms with E-state index in [-0.39, 0.29) is 17.0 Å². The highest BCUT2D eigenvalue weighted by molar-refractivity contribution is 7.98. The van der Waals surface area contributed by atoms with E-state index in [0.717, 1.165) is 4.90 Å². The molecule has 0 aliphatic carbocycles. The molecule has 1 amide bonds. The van der Waals surface area contributed by atoms with Gasteiger partial charge in [0.1, 0.15) is 40.2 Å². The van der Waals surface area contributed by atoms with Crippen molar-refractivity contribution >= 4 is 29.5 Å². The Labute approximate surface area is 235 Å². The Hall–Kier alpha value is -4.88. The van der Waals surface area contributed by atoms with Crippen LogP contribution in [0.15, 0.2) is 76.0 Å². The van der Waals surface area contributed by atoms with Crippen LogP contribution in [0.5, 0.6) is 17.2 Å². The second kappa shape index (κ2) is 12.8. The van der Waals surface area contributed by atoms with Crippen LogP contribution in [0.4, 0.5) is 5.88 Å². The predicted octanol–water partition coefficient (Wildman–Crippen LogP) is 6.03. The zero-order valence-corrected chi connectivity index (χ0v) is 23.1. The van der Waals surface area contributed by atoms with Gasteiger partial charge >= 0.3 is 5.97 Å². The lowest BCUT2D eigenvalue weighted by atomic mass is 9.98. The number of carbonyl (C=O) groups is 2. The van der Waals surface area contributed by atoms with Crippen molar-refractivity contribution in [2.45, 2.75) is 4.90 Å². The van der Waals surface area contributed by atoms with Gasteiger partial charge < -0.3 is 23.4 Å². The number of carbonyl (C=O) groups excluding carboxylic acids is 2. The van der Waals surface area contributed by atoms with E-state index in [2.05, 4.69) is 11.4 Å². The number of nitriles is 1. The molecule has 10 heteroatoms. The van der Waals surface area contributed by atoms with Gasteiger partial charge in [0.05, 0.1) is 21.3 Å². The molecule has 0 radical (unpaired) electrons. The van der Waals surface area contributed by atoms with E-state index in [1.54, 1.807) is 80.9 Å². The number of anilines is 1. The maximum atomic E-state index is 12.8. The highest BCUT2D eigenvalue weighted by atomic mass is 32.2. The fourth-order valence-electron chi connectivity index (χ4n) is 3.94. The van der Waals surface area contributed by atoms with Gasteiger partial charge in [-0.1, -0.05) is 12.1 Å². The molecule has 1 aromatic heterocycles. The van der Waals surface area contributed by atoms with Crippen molar-refractivity contribution in [2.24, 2.45) is 0 Å². The molecule has 0 bridgehead atoms. The van der Waals surface area contributed by atoms with Gasteiger partial charge in [-0.15, -0.1) is 11.8 Å². The number of thioether (sulfide) groups is 1. The molecule has 40 heavy (non-hydrogen) atoms. The zero-order chi connectivity index (χ0) is 28.6. The summed E-state index contributed by atoms with van der Waals surface area (Å²) in [5, 5.41) is 12.6. The quantitative estimate of drug-likeness (QED) is 0.184. The van der Waals surface area contributed by atoms with Crippen molar-refractivity contribution in [2.75, 3.05) is 39.5 Å². The summed E-state index contributed by atoms with van der Waals surface area (Å²) in [6, 6.07) is 21.4. The molecule has 0 spiro atoms. The molecular formula is C30H26N2O7S. The van der Waals surface area contributed by atoms with Gasteiger partial charge in [-0.3, -0.25) is 10.1 Å². The average molecular weight is 559 g/mol. The van der Waals surface area contributed by atoms with Crippen LogP contribution < -0.4 is 19.5 Å². The molecule has 204 valence electrons. The Bertz CT molecular complexity index is 1550. The first-order chi connectivity index (χ1) is 19.4. The van der Waals surface area contributed by atoms with Crippen molar-refractivity contribution in [3.05, 3.63) is 77.9 Å². The summed E-state index contributed by atoms with van der Waals surface area (Å²) in [5.74, 6) is 0.530. The van der Waals surface area contributed by atoms with Crippen molar-refractivity contribution in [1.82, 2.24) is 0 Å². The number of nitrogens with one attached hydrogen (secondary N) is 1. The summed E-state index contributed by atoms with van der Waals surface area (Å²) in [7, 11) is 4.57. The Balaban J connectivity index is 1.62. The number of benzene rings is 3. The van der Waals surface area contributed by atoms with Crippen molar-refractivity contribution in [1.29, 1.82) is 5.26 Å². The van der Waals surface area contributed by atoms with Crippen LogP contribution in [-0.4, -0.2) is 46.1 Å². The van der Waals surface area contributed by atoms with Crippen LogP contribution in [-0.2, 0) is 9.53 Å². The minimum Gasteiger partial charge on any atom is -0.497 e. The fourth-order valence-corrected chi connectivity index (χ4v) is 4.37. The summed E-state index contributed by atoms with van der Waals surface area (Å²) >= 11 is 1.50. The lowest BCUT2D eigenvalue weighted by molar-refractivity contribution is -0.119. The van der Waals surface area contributed by atoms with Crippen LogP contribution in [0.2, 0.25) is 0 Å². The standard InChI is InChI=1S/C30H26N2O7S/c1-35-20-9-5-18(6-10-20)27-24(16-31)29(39-28(27)19-7-11-21(36-2)12-8-19)32-26(33)17-38-30(34)23-14-13-22(40-4)15-25(23)37-3/h5-15H,17H2,1-4H3,(H,32,33). The Kier molecular flexibility index (Phi) is 8.99. The monoisotopic (exact) mass is 558 g/mol. The van der Waals surface area contributed by atoms with Gasteiger partial charge in [-0.2, -0.15) is 5.26 Å². The normalized spacial score (nSPS) is 10.4. The third kappa shape index (κ3) is 6.06. The molecule has 0 aliphatic rings. The van der Waals surface area contributed by atoms with E-state index in [9.17, 15) is 14.9 Å². The third-order valence-electron chi connectivity index (χ3n) is 5.97. The molecule has 9 nitrogen and oxygen atoms in total. The number of methoxy groups -OCH3 is 3. The van der Waals surface area contributed by atoms with Gasteiger partial charge in [0, 0.05) is 16.0 Å². The summed E-state index contributed by atoms with van der Waals surface area (Å²) < 4.78 is 27.1. The number of nitrogens with zero attached hydrogens (tertiary/aromatic N) is 1. The van der Waals surface area contributed by atoms with Crippen LogP contribution in [0.1, 0.15) is 15.9 Å². The molecule has 4 rings (SSSR count). The molecule has 3 aromatic carbocycles. The molecule has 0 unspecified atom stereocenters. The molecule has 0 aliphatic heterocycles. The van der Waals surface area contributed by atoms with Gasteiger partial charge in [0.15, 0.2) is 6.61 Å². The largest absolute Gasteiger partial charge is 0.497 e. The van der Waals surface area contributed by atoms with Crippen LogP contribution >= 0.6 is 11.8 Å². The van der Waals surface area contributed by atoms with Gasteiger partial charge in [0.25, 0.3) is 5.91 Å². The topological polar surface area (TPSA) is 120 Å². The third-order valence-corrected chi connectivity index (χ3v) is 6.69. The van der Waals surface area contributed by atoms with Crippen molar-refractivity contribution in [3.63, 3.8) is 0 Å². The lowest BCUT2D eigenvalue weighted by Crippen LogP contribution is -2.21. The molecule has 4 aromatic rings. The minimum absolute atomic E-state index is 0.0675. The number of furan rings is 1. The molecule has 1 heterocycles. The van der Waals surface area contributed by atoms with E-state index < -0.39 is 18.5 Å². The van der Waals surface area contributed by atoms with E-state index >= 15 is 0 Å². The van der Waals surface area contributed by atoms with E-state index in [1.165, 1.54) is 18.9 Å². The van der Waals surface area contributed by atoms with Crippen LogP contribution in [0, 0.1) is 11.3 Å². The number of rotatable bonds is 10. The highest BCUT2D eigenvalue weighted by Crippen LogP contribution is 2.42. The number of ether oxygens (including phenoxy) is 4. The molecule has 0 saturated heterocycles. The maximum absolute atomic E-state index is 12.8. The van der Waals surface area contributed by atoms with E-state index in [4.69, 9.17) is 23.4 Å². The zero-order valence-electron chi connectivity index (χ0n) is 22.3. The predicted molar refractivity (Wildman–Crippen MR) is 151 cm³/mol. The highest BCUT2D eigenvalue weighted by Gasteiger charge is 2.25. The summed E-state index contributed by atoms with van der Waals surface area (Å²) in [6.07, 6.45) is 1.90. The van der Waals surface area contributed by atoms with Crippen molar-refractivity contribution in [3.8, 4) is 45.8 Å². The second-order valence-corrected chi connectivity index (χ2v) is 9.15. The first kappa shape index (κ1) is 28.1. The number of esters is 1. The van der Waals surface area contributed by atoms with E-state index in [1.807, 2.05) is 6.26 Å². The van der Waals surface area contributed by atoms with Crippen molar-refractivity contribution < 1.29 is 33.0 Å². The lowest BCUT2D eigenvalue weighted by Gasteiger charge is -2.10. The first-order valence-electron chi connectivity index (χ1n) is 12.0. The molecule has 0 atom stereocenters. The van der Waals surface area contributed by atoms with Gasteiger partial charge in [-0.25, -0.2) is 4.79 Å². The number of amides is 1. The van der Waals surface area contributed by atoms with Gasteiger partial charge in [0.2, 0.25) is 5.88 Å². The summed E-state index contributed by atoms with van der Waals surface area (Å²) in [6.45, 7) is -0.604. The minimum atomic E-state index is -0.725. The molecule has 1 N–H and O–H groups in total. The Morgan fingerprint density at radius 1 is 0.900 bits per heavy atom. The average Bonchev–Trinajstić information content (AvgIpc) is 3.37. The summed E-state index contributed by atoms with van der Waals surface area (Å²) in [5.41, 5.74) is 2.13. The smallest absolute Gasteiger partial charge is 0.342 e. The fraction of sp³-hybridized carbons (Fsp3) is 0.167. The molecule has 0 saturated carbocycles.